The normalized spacial score (nSPS) is 20.4. The van der Waals surface area contributed by atoms with Crippen molar-refractivity contribution in [1.82, 2.24) is 5.32 Å². The lowest BCUT2D eigenvalue weighted by molar-refractivity contribution is 0.180. The zero-order valence-electron chi connectivity index (χ0n) is 7.92. The minimum Gasteiger partial charge on any atom is -0.493 e. The Morgan fingerprint density at radius 3 is 2.50 bits per heavy atom. The summed E-state index contributed by atoms with van der Waals surface area (Å²) in [7, 11) is 0. The predicted octanol–water partition coefficient (Wildman–Crippen LogP) is 1.79. The molecule has 1 N–H and O–H groups in total. The summed E-state index contributed by atoms with van der Waals surface area (Å²) < 4.78 is 5.55. The Labute approximate surface area is 79.8 Å². The third-order valence-corrected chi connectivity index (χ3v) is 2.13. The van der Waals surface area contributed by atoms with Gasteiger partial charge in [0.25, 0.3) is 0 Å². The van der Waals surface area contributed by atoms with Crippen molar-refractivity contribution >= 4 is 12.6 Å². The van der Waals surface area contributed by atoms with E-state index >= 15 is 0 Å². The van der Waals surface area contributed by atoms with Gasteiger partial charge in [0.15, 0.2) is 0 Å². The van der Waals surface area contributed by atoms with Crippen molar-refractivity contribution in [3.8, 4) is 0 Å². The van der Waals surface area contributed by atoms with Gasteiger partial charge >= 0.3 is 0 Å². The van der Waals surface area contributed by atoms with Gasteiger partial charge in [-0.3, -0.25) is 0 Å². The standard InChI is InChI=1S/C9H17NOS/c1-6(2)8-9(7(3)12)11-5-4-10-8/h6-7,10,12H,4-5H2,1-3H3. The second-order valence-electron chi connectivity index (χ2n) is 3.38. The van der Waals surface area contributed by atoms with Gasteiger partial charge in [-0.05, 0) is 12.8 Å². The second kappa shape index (κ2) is 4.08. The number of nitrogens with one attached hydrogen (secondary N) is 1. The molecular formula is C9H17NOS. The van der Waals surface area contributed by atoms with Crippen molar-refractivity contribution in [3.63, 3.8) is 0 Å². The van der Waals surface area contributed by atoms with Crippen molar-refractivity contribution in [2.75, 3.05) is 13.2 Å². The lowest BCUT2D eigenvalue weighted by atomic mass is 10.1. The van der Waals surface area contributed by atoms with Crippen molar-refractivity contribution in [2.45, 2.75) is 26.0 Å². The summed E-state index contributed by atoms with van der Waals surface area (Å²) >= 11 is 4.37. The molecule has 70 valence electrons. The minimum atomic E-state index is 0.190. The summed E-state index contributed by atoms with van der Waals surface area (Å²) in [4.78, 5) is 0. The van der Waals surface area contributed by atoms with Gasteiger partial charge in [0.2, 0.25) is 0 Å². The van der Waals surface area contributed by atoms with Crippen LogP contribution in [0.2, 0.25) is 0 Å². The van der Waals surface area contributed by atoms with Crippen LogP contribution in [0.15, 0.2) is 11.5 Å². The molecule has 1 atom stereocenters. The van der Waals surface area contributed by atoms with Gasteiger partial charge < -0.3 is 10.1 Å². The Hall–Kier alpha value is -0.310. The highest BCUT2D eigenvalue weighted by Gasteiger charge is 2.18. The Bertz CT molecular complexity index is 167. The molecule has 0 aromatic heterocycles. The van der Waals surface area contributed by atoms with Crippen molar-refractivity contribution in [2.24, 2.45) is 5.92 Å². The highest BCUT2D eigenvalue weighted by Crippen LogP contribution is 2.21. The molecule has 0 saturated heterocycles. The topological polar surface area (TPSA) is 21.3 Å². The van der Waals surface area contributed by atoms with E-state index in [2.05, 4.69) is 31.8 Å². The van der Waals surface area contributed by atoms with Crippen LogP contribution in [0.1, 0.15) is 20.8 Å². The molecule has 0 aromatic carbocycles. The fraction of sp³-hybridized carbons (Fsp3) is 0.778. The third kappa shape index (κ3) is 2.09. The average molecular weight is 187 g/mol. The molecule has 0 aromatic rings. The van der Waals surface area contributed by atoms with E-state index in [1.807, 2.05) is 6.92 Å². The Morgan fingerprint density at radius 2 is 2.08 bits per heavy atom. The van der Waals surface area contributed by atoms with Gasteiger partial charge in [0.1, 0.15) is 12.4 Å². The van der Waals surface area contributed by atoms with Gasteiger partial charge in [-0.1, -0.05) is 13.8 Å². The fourth-order valence-electron chi connectivity index (χ4n) is 1.35. The molecule has 0 bridgehead atoms. The van der Waals surface area contributed by atoms with E-state index in [1.165, 1.54) is 5.70 Å². The summed E-state index contributed by atoms with van der Waals surface area (Å²) in [5.74, 6) is 1.51. The van der Waals surface area contributed by atoms with E-state index in [4.69, 9.17) is 4.74 Å². The quantitative estimate of drug-likeness (QED) is 0.643. The highest BCUT2D eigenvalue weighted by atomic mass is 32.1. The number of hydrogen-bond acceptors (Lipinski definition) is 3. The zero-order valence-corrected chi connectivity index (χ0v) is 8.82. The second-order valence-corrected chi connectivity index (χ2v) is 4.16. The first-order valence-electron chi connectivity index (χ1n) is 4.41. The van der Waals surface area contributed by atoms with Crippen LogP contribution in [0.4, 0.5) is 0 Å². The molecule has 0 spiro atoms. The molecule has 0 radical (unpaired) electrons. The molecular weight excluding hydrogens is 170 g/mol. The first kappa shape index (κ1) is 9.78. The van der Waals surface area contributed by atoms with Gasteiger partial charge in [-0.15, -0.1) is 0 Å². The van der Waals surface area contributed by atoms with Crippen LogP contribution >= 0.6 is 12.6 Å². The van der Waals surface area contributed by atoms with E-state index in [0.29, 0.717) is 5.92 Å². The number of thiol groups is 1. The number of hydrogen-bond donors (Lipinski definition) is 2. The summed E-state index contributed by atoms with van der Waals surface area (Å²) in [5, 5.41) is 3.55. The molecule has 1 unspecified atom stereocenters. The van der Waals surface area contributed by atoms with Crippen molar-refractivity contribution in [3.05, 3.63) is 11.5 Å². The highest BCUT2D eigenvalue weighted by molar-refractivity contribution is 7.81. The lowest BCUT2D eigenvalue weighted by Crippen LogP contribution is -2.31. The lowest BCUT2D eigenvalue weighted by Gasteiger charge is -2.27. The van der Waals surface area contributed by atoms with Gasteiger partial charge in [0, 0.05) is 6.54 Å². The number of ether oxygens (including phenoxy) is 1. The summed E-state index contributed by atoms with van der Waals surface area (Å²) in [5.41, 5.74) is 1.21. The predicted molar refractivity (Wildman–Crippen MR) is 54.3 cm³/mol. The zero-order chi connectivity index (χ0) is 9.14. The van der Waals surface area contributed by atoms with Crippen LogP contribution in [-0.2, 0) is 4.74 Å². The van der Waals surface area contributed by atoms with Crippen LogP contribution < -0.4 is 5.32 Å². The first-order chi connectivity index (χ1) is 5.63. The van der Waals surface area contributed by atoms with Crippen molar-refractivity contribution < 1.29 is 4.74 Å². The Kier molecular flexibility index (Phi) is 3.32. The summed E-state index contributed by atoms with van der Waals surface area (Å²) in [6.07, 6.45) is 0. The van der Waals surface area contributed by atoms with E-state index in [9.17, 15) is 0 Å². The number of rotatable bonds is 2. The maximum atomic E-state index is 5.55. The Morgan fingerprint density at radius 1 is 1.42 bits per heavy atom. The smallest absolute Gasteiger partial charge is 0.128 e. The van der Waals surface area contributed by atoms with Crippen LogP contribution in [0.25, 0.3) is 0 Å². The van der Waals surface area contributed by atoms with Crippen molar-refractivity contribution in [1.29, 1.82) is 0 Å². The third-order valence-electron chi connectivity index (χ3n) is 1.90. The minimum absolute atomic E-state index is 0.190. The molecule has 0 amide bonds. The van der Waals surface area contributed by atoms with E-state index in [-0.39, 0.29) is 5.25 Å². The largest absolute Gasteiger partial charge is 0.493 e. The molecule has 1 aliphatic rings. The van der Waals surface area contributed by atoms with Crippen LogP contribution in [-0.4, -0.2) is 18.4 Å². The SMILES string of the molecule is CC(C)C1=C(C(C)S)OCCN1. The monoisotopic (exact) mass is 187 g/mol. The van der Waals surface area contributed by atoms with Gasteiger partial charge in [0.05, 0.1) is 10.9 Å². The molecule has 3 heteroatoms. The van der Waals surface area contributed by atoms with Gasteiger partial charge in [-0.25, -0.2) is 0 Å². The van der Waals surface area contributed by atoms with E-state index < -0.39 is 0 Å². The van der Waals surface area contributed by atoms with Gasteiger partial charge in [-0.2, -0.15) is 12.6 Å². The molecule has 0 fully saturated rings. The molecule has 1 aliphatic heterocycles. The fourth-order valence-corrected chi connectivity index (χ4v) is 1.56. The summed E-state index contributed by atoms with van der Waals surface area (Å²) in [6.45, 7) is 8.03. The maximum Gasteiger partial charge on any atom is 0.128 e. The first-order valence-corrected chi connectivity index (χ1v) is 4.93. The molecule has 0 saturated carbocycles. The Balaban J connectivity index is 2.83. The number of allylic oxidation sites excluding steroid dienone is 1. The molecule has 1 heterocycles. The van der Waals surface area contributed by atoms with Crippen LogP contribution in [0, 0.1) is 5.92 Å². The summed E-state index contributed by atoms with van der Waals surface area (Å²) in [6, 6.07) is 0. The maximum absolute atomic E-state index is 5.55. The molecule has 2 nitrogen and oxygen atoms in total. The van der Waals surface area contributed by atoms with E-state index in [0.717, 1.165) is 18.9 Å². The molecule has 0 aliphatic carbocycles. The molecule has 1 rings (SSSR count). The van der Waals surface area contributed by atoms with Crippen LogP contribution in [0.3, 0.4) is 0 Å². The molecule has 12 heavy (non-hydrogen) atoms. The average Bonchev–Trinajstić information content (AvgIpc) is 2.04. The van der Waals surface area contributed by atoms with E-state index in [1.54, 1.807) is 0 Å². The van der Waals surface area contributed by atoms with Crippen LogP contribution in [0.5, 0.6) is 0 Å².